The first-order valence-electron chi connectivity index (χ1n) is 12.6. The molecule has 1 atom stereocenters. The monoisotopic (exact) mass is 540 g/mol. The Kier molecular flexibility index (Phi) is 9.27. The number of nitrogens with zero attached hydrogens (tertiary/aromatic N) is 3. The van der Waals surface area contributed by atoms with Gasteiger partial charge in [-0.1, -0.05) is 0 Å². The summed E-state index contributed by atoms with van der Waals surface area (Å²) in [6.45, 7) is 6.11. The molecule has 11 heteroatoms. The lowest BCUT2D eigenvalue weighted by atomic mass is 10.1. The Morgan fingerprint density at radius 3 is 2.37 bits per heavy atom. The molecule has 2 heterocycles. The van der Waals surface area contributed by atoms with Gasteiger partial charge in [-0.05, 0) is 67.7 Å². The molecule has 2 aromatic rings. The van der Waals surface area contributed by atoms with Crippen LogP contribution in [-0.4, -0.2) is 91.8 Å². The highest BCUT2D eigenvalue weighted by Crippen LogP contribution is 2.28. The highest BCUT2D eigenvalue weighted by Gasteiger charge is 2.44. The van der Waals surface area contributed by atoms with Crippen molar-refractivity contribution in [2.75, 3.05) is 63.3 Å². The standard InChI is InChI=1S/C27H32N4O6S/c1-3-37-26(34)19-4-8-21(9-5-19)31-25(33)23(18-24(32)28-20-6-10-22(35-2)11-7-20)30(27(31)38)13-12-29-14-16-36-17-15-29/h4-11,23H,3,12-18H2,1-2H3,(H,28,32)/t23-/m1/s1. The van der Waals surface area contributed by atoms with E-state index in [0.29, 0.717) is 54.1 Å². The lowest BCUT2D eigenvalue weighted by molar-refractivity contribution is -0.124. The molecule has 2 amide bonds. The maximum absolute atomic E-state index is 13.6. The van der Waals surface area contributed by atoms with Gasteiger partial charge < -0.3 is 24.4 Å². The summed E-state index contributed by atoms with van der Waals surface area (Å²) in [5.74, 6) is -0.342. The number of carbonyl (C=O) groups is 3. The van der Waals surface area contributed by atoms with Gasteiger partial charge in [-0.25, -0.2) is 4.79 Å². The second-order valence-electron chi connectivity index (χ2n) is 8.87. The molecule has 1 N–H and O–H groups in total. The van der Waals surface area contributed by atoms with Crippen molar-refractivity contribution in [3.8, 4) is 5.75 Å². The van der Waals surface area contributed by atoms with Crippen LogP contribution in [0.15, 0.2) is 48.5 Å². The number of carbonyl (C=O) groups excluding carboxylic acids is 3. The second kappa shape index (κ2) is 12.8. The quantitative estimate of drug-likeness (QED) is 0.360. The predicted octanol–water partition coefficient (Wildman–Crippen LogP) is 2.54. The number of anilines is 2. The molecule has 0 saturated carbocycles. The predicted molar refractivity (Wildman–Crippen MR) is 146 cm³/mol. The summed E-state index contributed by atoms with van der Waals surface area (Å²) < 4.78 is 15.6. The molecule has 4 rings (SSSR count). The lowest BCUT2D eigenvalue weighted by Gasteiger charge is -2.30. The minimum atomic E-state index is -0.758. The number of ether oxygens (including phenoxy) is 3. The Morgan fingerprint density at radius 2 is 1.74 bits per heavy atom. The maximum Gasteiger partial charge on any atom is 0.338 e. The Labute approximate surface area is 227 Å². The number of methoxy groups -OCH3 is 1. The van der Waals surface area contributed by atoms with Crippen LogP contribution in [0.4, 0.5) is 11.4 Å². The van der Waals surface area contributed by atoms with Crippen molar-refractivity contribution in [2.24, 2.45) is 0 Å². The van der Waals surface area contributed by atoms with E-state index in [0.717, 1.165) is 13.1 Å². The zero-order valence-electron chi connectivity index (χ0n) is 21.6. The number of morpholine rings is 1. The highest BCUT2D eigenvalue weighted by molar-refractivity contribution is 7.80. The van der Waals surface area contributed by atoms with Gasteiger partial charge in [-0.3, -0.25) is 19.4 Å². The molecular weight excluding hydrogens is 508 g/mol. The first kappa shape index (κ1) is 27.5. The average Bonchev–Trinajstić information content (AvgIpc) is 3.16. The summed E-state index contributed by atoms with van der Waals surface area (Å²) in [5, 5.41) is 3.18. The van der Waals surface area contributed by atoms with Gasteiger partial charge in [0.25, 0.3) is 5.91 Å². The van der Waals surface area contributed by atoms with Gasteiger partial charge >= 0.3 is 5.97 Å². The van der Waals surface area contributed by atoms with E-state index in [1.54, 1.807) is 62.6 Å². The van der Waals surface area contributed by atoms with E-state index in [1.807, 2.05) is 4.90 Å². The molecule has 0 aliphatic carbocycles. The Morgan fingerprint density at radius 1 is 1.05 bits per heavy atom. The van der Waals surface area contributed by atoms with Crippen molar-refractivity contribution in [1.82, 2.24) is 9.80 Å². The fourth-order valence-electron chi connectivity index (χ4n) is 4.42. The van der Waals surface area contributed by atoms with Crippen LogP contribution in [0.3, 0.4) is 0 Å². The van der Waals surface area contributed by atoms with E-state index in [1.165, 1.54) is 4.90 Å². The van der Waals surface area contributed by atoms with Crippen LogP contribution in [-0.2, 0) is 19.1 Å². The molecule has 38 heavy (non-hydrogen) atoms. The smallest absolute Gasteiger partial charge is 0.338 e. The Balaban J connectivity index is 1.51. The summed E-state index contributed by atoms with van der Waals surface area (Å²) in [6, 6.07) is 12.8. The van der Waals surface area contributed by atoms with Gasteiger partial charge in [-0.15, -0.1) is 0 Å². The molecule has 0 radical (unpaired) electrons. The van der Waals surface area contributed by atoms with Gasteiger partial charge in [-0.2, -0.15) is 0 Å². The fourth-order valence-corrected chi connectivity index (χ4v) is 4.84. The van der Waals surface area contributed by atoms with Gasteiger partial charge in [0.2, 0.25) is 5.91 Å². The SMILES string of the molecule is CCOC(=O)c1ccc(N2C(=O)[C@@H](CC(=O)Nc3ccc(OC)cc3)N(CCN3CCOCC3)C2=S)cc1. The Bertz CT molecular complexity index is 1150. The van der Waals surface area contributed by atoms with Crippen molar-refractivity contribution >= 4 is 46.5 Å². The third-order valence-corrected chi connectivity index (χ3v) is 6.89. The van der Waals surface area contributed by atoms with Crippen LogP contribution in [0.25, 0.3) is 0 Å². The summed E-state index contributed by atoms with van der Waals surface area (Å²) in [7, 11) is 1.57. The van der Waals surface area contributed by atoms with E-state index in [-0.39, 0.29) is 24.8 Å². The zero-order chi connectivity index (χ0) is 27.1. The normalized spacial score (nSPS) is 18.0. The van der Waals surface area contributed by atoms with Crippen molar-refractivity contribution in [2.45, 2.75) is 19.4 Å². The third kappa shape index (κ3) is 6.47. The van der Waals surface area contributed by atoms with Crippen LogP contribution in [0.1, 0.15) is 23.7 Å². The van der Waals surface area contributed by atoms with E-state index in [9.17, 15) is 14.4 Å². The number of nitrogens with one attached hydrogen (secondary N) is 1. The summed E-state index contributed by atoms with van der Waals surface area (Å²) in [4.78, 5) is 44.2. The molecule has 0 spiro atoms. The van der Waals surface area contributed by atoms with Gasteiger partial charge in [0, 0.05) is 31.9 Å². The molecule has 0 aromatic heterocycles. The van der Waals surface area contributed by atoms with E-state index >= 15 is 0 Å². The zero-order valence-corrected chi connectivity index (χ0v) is 22.4. The molecule has 2 aliphatic rings. The van der Waals surface area contributed by atoms with Crippen molar-refractivity contribution in [3.05, 3.63) is 54.1 Å². The van der Waals surface area contributed by atoms with Gasteiger partial charge in [0.05, 0.1) is 44.6 Å². The van der Waals surface area contributed by atoms with Crippen molar-refractivity contribution < 1.29 is 28.6 Å². The molecule has 202 valence electrons. The molecule has 2 aromatic carbocycles. The van der Waals surface area contributed by atoms with E-state index in [4.69, 9.17) is 26.4 Å². The van der Waals surface area contributed by atoms with Crippen LogP contribution in [0, 0.1) is 0 Å². The minimum absolute atomic E-state index is 0.0640. The summed E-state index contributed by atoms with van der Waals surface area (Å²) >= 11 is 5.75. The molecule has 2 saturated heterocycles. The molecular formula is C27H32N4O6S. The second-order valence-corrected chi connectivity index (χ2v) is 9.23. The molecule has 2 fully saturated rings. The number of amides is 2. The number of esters is 1. The average molecular weight is 541 g/mol. The van der Waals surface area contributed by atoms with Crippen LogP contribution < -0.4 is 15.0 Å². The van der Waals surface area contributed by atoms with Gasteiger partial charge in [0.15, 0.2) is 5.11 Å². The van der Waals surface area contributed by atoms with Gasteiger partial charge in [0.1, 0.15) is 11.8 Å². The third-order valence-electron chi connectivity index (χ3n) is 6.47. The number of hydrogen-bond donors (Lipinski definition) is 1. The lowest BCUT2D eigenvalue weighted by Crippen LogP contribution is -2.45. The largest absolute Gasteiger partial charge is 0.497 e. The van der Waals surface area contributed by atoms with Crippen molar-refractivity contribution in [1.29, 1.82) is 0 Å². The number of rotatable bonds is 10. The van der Waals surface area contributed by atoms with Crippen LogP contribution in [0.2, 0.25) is 0 Å². The number of benzene rings is 2. The topological polar surface area (TPSA) is 101 Å². The molecule has 0 bridgehead atoms. The summed E-state index contributed by atoms with van der Waals surface area (Å²) in [5.41, 5.74) is 1.52. The highest BCUT2D eigenvalue weighted by atomic mass is 32.1. The molecule has 0 unspecified atom stereocenters. The van der Waals surface area contributed by atoms with E-state index in [2.05, 4.69) is 10.2 Å². The maximum atomic E-state index is 13.6. The first-order chi connectivity index (χ1) is 18.4. The van der Waals surface area contributed by atoms with Crippen LogP contribution >= 0.6 is 12.2 Å². The molecule has 10 nitrogen and oxygen atoms in total. The molecule has 2 aliphatic heterocycles. The van der Waals surface area contributed by atoms with E-state index < -0.39 is 12.0 Å². The van der Waals surface area contributed by atoms with Crippen LogP contribution in [0.5, 0.6) is 5.75 Å². The Hall–Kier alpha value is -3.54. The summed E-state index contributed by atoms with van der Waals surface area (Å²) in [6.07, 6.45) is -0.0640. The fraction of sp³-hybridized carbons (Fsp3) is 0.407. The van der Waals surface area contributed by atoms with Crippen molar-refractivity contribution in [3.63, 3.8) is 0 Å². The first-order valence-corrected chi connectivity index (χ1v) is 13.0. The number of thiocarbonyl (C=S) groups is 1. The minimum Gasteiger partial charge on any atom is -0.497 e. The number of hydrogen-bond acceptors (Lipinski definition) is 8.